The molecule has 1 aromatic rings. The summed E-state index contributed by atoms with van der Waals surface area (Å²) in [6.07, 6.45) is 1.57. The highest BCUT2D eigenvalue weighted by atomic mass is 19.4. The van der Waals surface area contributed by atoms with E-state index in [1.807, 2.05) is 6.21 Å². The van der Waals surface area contributed by atoms with Gasteiger partial charge in [-0.3, -0.25) is 15.6 Å². The highest BCUT2D eigenvalue weighted by molar-refractivity contribution is 5.73. The van der Waals surface area contributed by atoms with Crippen molar-refractivity contribution in [3.05, 3.63) is 47.3 Å². The van der Waals surface area contributed by atoms with E-state index >= 15 is 0 Å². The van der Waals surface area contributed by atoms with Gasteiger partial charge >= 0.3 is 6.18 Å². The minimum atomic E-state index is -4.43. The summed E-state index contributed by atoms with van der Waals surface area (Å²) >= 11 is 0. The Morgan fingerprint density at radius 2 is 2.19 bits per heavy atom. The minimum Gasteiger partial charge on any atom is -0.372 e. The lowest BCUT2D eigenvalue weighted by Crippen LogP contribution is -2.52. The molecule has 0 aliphatic carbocycles. The lowest BCUT2D eigenvalue weighted by molar-refractivity contribution is -0.137. The van der Waals surface area contributed by atoms with Crippen molar-refractivity contribution in [2.24, 2.45) is 15.7 Å². The molecule has 0 spiro atoms. The summed E-state index contributed by atoms with van der Waals surface area (Å²) in [5.74, 6) is -0.821. The predicted octanol–water partition coefficient (Wildman–Crippen LogP) is 1.61. The van der Waals surface area contributed by atoms with Gasteiger partial charge in [0.25, 0.3) is 0 Å². The van der Waals surface area contributed by atoms with Crippen molar-refractivity contribution in [2.75, 3.05) is 26.3 Å². The molecule has 3 rings (SSSR count). The third-order valence-corrected chi connectivity index (χ3v) is 4.19. The number of nitrogens with two attached hydrogens (primary N) is 1. The Balaban J connectivity index is 1.58. The second-order valence-corrected chi connectivity index (χ2v) is 6.19. The zero-order valence-corrected chi connectivity index (χ0v) is 14.1. The van der Waals surface area contributed by atoms with Crippen molar-refractivity contribution >= 4 is 12.4 Å². The first-order valence-electron chi connectivity index (χ1n) is 8.32. The molecule has 4 N–H and O–H groups in total. The number of hydrogen-bond acceptors (Lipinski definition) is 6. The van der Waals surface area contributed by atoms with Gasteiger partial charge in [0, 0.05) is 37.6 Å². The number of benzene rings is 1. The molecule has 140 valence electrons. The van der Waals surface area contributed by atoms with Crippen LogP contribution in [0.5, 0.6) is 0 Å². The second-order valence-electron chi connectivity index (χ2n) is 6.19. The smallest absolute Gasteiger partial charge is 0.372 e. The van der Waals surface area contributed by atoms with Crippen LogP contribution in [0.1, 0.15) is 17.5 Å². The first kappa shape index (κ1) is 18.4. The molecule has 0 bridgehead atoms. The van der Waals surface area contributed by atoms with E-state index in [4.69, 9.17) is 5.73 Å². The molecule has 0 amide bonds. The van der Waals surface area contributed by atoms with Gasteiger partial charge in [-0.1, -0.05) is 12.1 Å². The summed E-state index contributed by atoms with van der Waals surface area (Å²) in [6, 6.07) is 4.88. The fraction of sp³-hybridized carbons (Fsp3) is 0.412. The molecule has 0 aromatic heterocycles. The molecule has 1 aromatic carbocycles. The molecular formula is C17H21F3N6. The van der Waals surface area contributed by atoms with Gasteiger partial charge in [-0.05, 0) is 24.6 Å². The first-order valence-corrected chi connectivity index (χ1v) is 8.32. The summed E-state index contributed by atoms with van der Waals surface area (Å²) in [5.41, 5.74) is 5.69. The third-order valence-electron chi connectivity index (χ3n) is 4.19. The van der Waals surface area contributed by atoms with Crippen LogP contribution in [0.25, 0.3) is 0 Å². The molecule has 1 atom stereocenters. The van der Waals surface area contributed by atoms with Crippen molar-refractivity contribution in [1.29, 1.82) is 0 Å². The molecule has 0 radical (unpaired) electrons. The molecule has 2 heterocycles. The van der Waals surface area contributed by atoms with Gasteiger partial charge in [0.05, 0.1) is 12.2 Å². The molecule has 0 saturated carbocycles. The van der Waals surface area contributed by atoms with Gasteiger partial charge in [0.1, 0.15) is 5.82 Å². The first-order chi connectivity index (χ1) is 12.4. The Hall–Kier alpha value is -2.39. The van der Waals surface area contributed by atoms with Crippen LogP contribution in [0.4, 0.5) is 13.2 Å². The van der Waals surface area contributed by atoms with Gasteiger partial charge in [0.2, 0.25) is 5.79 Å². The normalized spacial score (nSPS) is 23.0. The van der Waals surface area contributed by atoms with Crippen molar-refractivity contribution in [3.63, 3.8) is 0 Å². The van der Waals surface area contributed by atoms with Crippen molar-refractivity contribution in [3.8, 4) is 0 Å². The van der Waals surface area contributed by atoms with Gasteiger partial charge < -0.3 is 10.6 Å². The Morgan fingerprint density at radius 1 is 1.35 bits per heavy atom. The Kier molecular flexibility index (Phi) is 5.28. The number of aliphatic imine (C=N–C) groups is 2. The minimum absolute atomic E-state index is 0.241. The fourth-order valence-corrected chi connectivity index (χ4v) is 2.78. The molecule has 2 aliphatic rings. The quantitative estimate of drug-likeness (QED) is 0.669. The fourth-order valence-electron chi connectivity index (χ4n) is 2.78. The maximum Gasteiger partial charge on any atom is 0.416 e. The summed E-state index contributed by atoms with van der Waals surface area (Å²) < 4.78 is 38.8. The highest BCUT2D eigenvalue weighted by Gasteiger charge is 2.34. The van der Waals surface area contributed by atoms with Gasteiger partial charge in [-0.15, -0.1) is 0 Å². The van der Waals surface area contributed by atoms with Crippen molar-refractivity contribution in [2.45, 2.75) is 18.4 Å². The highest BCUT2D eigenvalue weighted by Crippen LogP contribution is 2.31. The predicted molar refractivity (Wildman–Crippen MR) is 94.6 cm³/mol. The van der Waals surface area contributed by atoms with E-state index in [2.05, 4.69) is 25.5 Å². The maximum absolute atomic E-state index is 12.9. The summed E-state index contributed by atoms with van der Waals surface area (Å²) in [5, 5.41) is 6.18. The third kappa shape index (κ3) is 4.41. The Bertz CT molecular complexity index is 719. The number of nitrogens with one attached hydrogen (secondary N) is 2. The maximum atomic E-state index is 12.9. The number of nitrogens with zero attached hydrogens (tertiary/aromatic N) is 3. The van der Waals surface area contributed by atoms with E-state index in [1.165, 1.54) is 18.3 Å². The number of alkyl halides is 3. The monoisotopic (exact) mass is 366 g/mol. The van der Waals surface area contributed by atoms with E-state index in [0.717, 1.165) is 38.3 Å². The average molecular weight is 366 g/mol. The summed E-state index contributed by atoms with van der Waals surface area (Å²) in [7, 11) is 0. The SMILES string of the molecule is NC1(c2cccc(C(F)(F)F)c2)N=CC=C(NCCCN2CC=NC2)N1. The Morgan fingerprint density at radius 3 is 2.92 bits per heavy atom. The lowest BCUT2D eigenvalue weighted by atomic mass is 10.0. The van der Waals surface area contributed by atoms with Gasteiger partial charge in [0.15, 0.2) is 0 Å². The van der Waals surface area contributed by atoms with Crippen LogP contribution in [0.3, 0.4) is 0 Å². The second kappa shape index (κ2) is 7.46. The molecule has 2 aliphatic heterocycles. The van der Waals surface area contributed by atoms with Crippen LogP contribution in [0.15, 0.2) is 46.1 Å². The standard InChI is InChI=1S/C17H21F3N6/c18-16(19,20)13-3-1-4-14(11-13)17(21)24-7-5-15(25-17)23-6-2-9-26-10-8-22-12-26/h1,3-5,7-8,11,23,25H,2,6,9-10,12,21H2. The largest absolute Gasteiger partial charge is 0.416 e. The van der Waals surface area contributed by atoms with E-state index in [0.29, 0.717) is 12.4 Å². The summed E-state index contributed by atoms with van der Waals surface area (Å²) in [6.45, 7) is 3.21. The van der Waals surface area contributed by atoms with E-state index in [1.54, 1.807) is 6.08 Å². The zero-order valence-electron chi connectivity index (χ0n) is 14.1. The van der Waals surface area contributed by atoms with E-state index in [9.17, 15) is 13.2 Å². The van der Waals surface area contributed by atoms with Gasteiger partial charge in [-0.2, -0.15) is 13.2 Å². The van der Waals surface area contributed by atoms with Crippen LogP contribution in [0, 0.1) is 0 Å². The Labute approximate surface area is 149 Å². The molecule has 1 unspecified atom stereocenters. The zero-order chi connectivity index (χ0) is 18.6. The van der Waals surface area contributed by atoms with Crippen molar-refractivity contribution in [1.82, 2.24) is 15.5 Å². The number of halogens is 3. The van der Waals surface area contributed by atoms with E-state index < -0.39 is 17.5 Å². The molecular weight excluding hydrogens is 345 g/mol. The van der Waals surface area contributed by atoms with Crippen LogP contribution < -0.4 is 16.4 Å². The molecule has 6 nitrogen and oxygen atoms in total. The van der Waals surface area contributed by atoms with Crippen LogP contribution in [-0.2, 0) is 12.0 Å². The molecule has 0 saturated heterocycles. The summed E-state index contributed by atoms with van der Waals surface area (Å²) in [4.78, 5) is 10.5. The number of hydrogen-bond donors (Lipinski definition) is 3. The number of allylic oxidation sites excluding steroid dienone is 1. The number of rotatable bonds is 6. The van der Waals surface area contributed by atoms with Crippen molar-refractivity contribution < 1.29 is 13.2 Å². The lowest BCUT2D eigenvalue weighted by Gasteiger charge is -2.32. The van der Waals surface area contributed by atoms with Crippen LogP contribution in [-0.4, -0.2) is 43.6 Å². The molecule has 0 fully saturated rings. The molecule has 26 heavy (non-hydrogen) atoms. The van der Waals surface area contributed by atoms with E-state index in [-0.39, 0.29) is 5.56 Å². The molecule has 9 heteroatoms. The van der Waals surface area contributed by atoms with Crippen LogP contribution >= 0.6 is 0 Å². The van der Waals surface area contributed by atoms with Gasteiger partial charge in [-0.25, -0.2) is 4.99 Å². The average Bonchev–Trinajstić information content (AvgIpc) is 3.12. The van der Waals surface area contributed by atoms with Crippen LogP contribution in [0.2, 0.25) is 0 Å². The topological polar surface area (TPSA) is 78.0 Å².